The quantitative estimate of drug-likeness (QED) is 0.905. The monoisotopic (exact) mass is 305 g/mol. The zero-order valence-electron chi connectivity index (χ0n) is 13.0. The molecule has 0 aromatic carbocycles. The van der Waals surface area contributed by atoms with Crippen molar-refractivity contribution in [1.82, 2.24) is 15.3 Å². The molecule has 1 aliphatic rings. The first-order valence-electron chi connectivity index (χ1n) is 7.18. The predicted molar refractivity (Wildman–Crippen MR) is 80.3 cm³/mol. The number of ether oxygens (including phenoxy) is 1. The van der Waals surface area contributed by atoms with Crippen LogP contribution in [0.15, 0.2) is 42.0 Å². The lowest BCUT2D eigenvalue weighted by atomic mass is 9.79. The number of allylic oxidation sites excluding steroid dienone is 2. The van der Waals surface area contributed by atoms with Crippen molar-refractivity contribution in [2.75, 3.05) is 14.2 Å². The zero-order chi connectivity index (χ0) is 16.1. The van der Waals surface area contributed by atoms with Crippen molar-refractivity contribution < 1.29 is 13.9 Å². The average Bonchev–Trinajstić information content (AvgIpc) is 2.55. The highest BCUT2D eigenvalue weighted by Crippen LogP contribution is 2.37. The Kier molecular flexibility index (Phi) is 5.25. The van der Waals surface area contributed by atoms with Crippen molar-refractivity contribution in [1.29, 1.82) is 0 Å². The van der Waals surface area contributed by atoms with E-state index in [1.807, 2.05) is 6.92 Å². The summed E-state index contributed by atoms with van der Waals surface area (Å²) in [6.07, 6.45) is 7.54. The minimum absolute atomic E-state index is 0.131. The summed E-state index contributed by atoms with van der Waals surface area (Å²) in [7, 11) is 2.98. The topological polar surface area (TPSA) is 64.1 Å². The lowest BCUT2D eigenvalue weighted by Crippen LogP contribution is -2.33. The third-order valence-electron chi connectivity index (χ3n) is 3.98. The molecule has 1 aromatic rings. The van der Waals surface area contributed by atoms with Crippen LogP contribution in [0.4, 0.5) is 4.39 Å². The van der Waals surface area contributed by atoms with E-state index in [1.165, 1.54) is 13.4 Å². The van der Waals surface area contributed by atoms with Crippen LogP contribution >= 0.6 is 0 Å². The molecule has 0 aliphatic heterocycles. The lowest BCUT2D eigenvalue weighted by Gasteiger charge is -2.28. The first-order valence-corrected chi connectivity index (χ1v) is 7.18. The molecule has 1 N–H and O–H groups in total. The minimum atomic E-state index is -0.429. The number of aryl methyl sites for hydroxylation is 1. The van der Waals surface area contributed by atoms with Crippen LogP contribution in [-0.4, -0.2) is 30.0 Å². The molecular formula is C16H20FN3O2. The third kappa shape index (κ3) is 3.32. The number of nitrogens with one attached hydrogen (secondary N) is 1. The number of methoxy groups -OCH3 is 1. The number of hydrogen-bond donors (Lipinski definition) is 1. The smallest absolute Gasteiger partial charge is 0.227 e. The number of amides is 1. The van der Waals surface area contributed by atoms with Crippen molar-refractivity contribution >= 4 is 5.91 Å². The highest BCUT2D eigenvalue weighted by atomic mass is 19.1. The normalized spacial score (nSPS) is 21.4. The summed E-state index contributed by atoms with van der Waals surface area (Å²) < 4.78 is 19.6. The standard InChI is InChI=1S/C16H20FN3O2/c1-10-12(5-4-11-7-19-9-20-8-11)15(17)14(22-3)6-13(10)16(21)18-2/h6-10,13H,4-5H2,1-3H3,(H,18,21). The van der Waals surface area contributed by atoms with Crippen LogP contribution in [0.5, 0.6) is 0 Å². The Labute approximate surface area is 129 Å². The first kappa shape index (κ1) is 16.1. The molecule has 0 fully saturated rings. The second kappa shape index (κ2) is 7.15. The Morgan fingerprint density at radius 2 is 2.05 bits per heavy atom. The number of carbonyl (C=O) groups excluding carboxylic acids is 1. The number of carbonyl (C=O) groups is 1. The summed E-state index contributed by atoms with van der Waals surface area (Å²) in [5.74, 6) is -1.03. The van der Waals surface area contributed by atoms with E-state index in [2.05, 4.69) is 15.3 Å². The Morgan fingerprint density at radius 3 is 2.64 bits per heavy atom. The van der Waals surface area contributed by atoms with Crippen molar-refractivity contribution in [3.8, 4) is 0 Å². The highest BCUT2D eigenvalue weighted by molar-refractivity contribution is 5.81. The van der Waals surface area contributed by atoms with Crippen molar-refractivity contribution in [2.45, 2.75) is 19.8 Å². The summed E-state index contributed by atoms with van der Waals surface area (Å²) in [5, 5.41) is 2.61. The van der Waals surface area contributed by atoms with E-state index in [9.17, 15) is 9.18 Å². The van der Waals surface area contributed by atoms with Gasteiger partial charge in [0.15, 0.2) is 11.6 Å². The van der Waals surface area contributed by atoms with E-state index >= 15 is 0 Å². The van der Waals surface area contributed by atoms with Gasteiger partial charge in [-0.3, -0.25) is 4.79 Å². The molecule has 1 aromatic heterocycles. The van der Waals surface area contributed by atoms with E-state index in [0.717, 1.165) is 5.56 Å². The zero-order valence-corrected chi connectivity index (χ0v) is 13.0. The molecule has 22 heavy (non-hydrogen) atoms. The molecule has 2 rings (SSSR count). The van der Waals surface area contributed by atoms with Gasteiger partial charge in [0.2, 0.25) is 5.91 Å². The maximum Gasteiger partial charge on any atom is 0.227 e. The molecule has 1 heterocycles. The number of aromatic nitrogens is 2. The maximum absolute atomic E-state index is 14.5. The van der Waals surface area contributed by atoms with Crippen LogP contribution in [0.25, 0.3) is 0 Å². The SMILES string of the molecule is CNC(=O)C1C=C(OC)C(F)=C(CCc2cncnc2)C1C. The molecule has 2 unspecified atom stereocenters. The van der Waals surface area contributed by atoms with Crippen LogP contribution in [0.1, 0.15) is 18.9 Å². The largest absolute Gasteiger partial charge is 0.494 e. The van der Waals surface area contributed by atoms with Gasteiger partial charge in [-0.25, -0.2) is 14.4 Å². The summed E-state index contributed by atoms with van der Waals surface area (Å²) in [6.45, 7) is 1.86. The Morgan fingerprint density at radius 1 is 1.36 bits per heavy atom. The Bertz CT molecular complexity index is 599. The van der Waals surface area contributed by atoms with Crippen LogP contribution in [0, 0.1) is 11.8 Å². The predicted octanol–water partition coefficient (Wildman–Crippen LogP) is 2.17. The molecular weight excluding hydrogens is 285 g/mol. The van der Waals surface area contributed by atoms with Crippen molar-refractivity contribution in [3.05, 3.63) is 47.5 Å². The molecule has 6 heteroatoms. The van der Waals surface area contributed by atoms with Gasteiger partial charge in [-0.1, -0.05) is 6.92 Å². The van der Waals surface area contributed by atoms with Gasteiger partial charge in [-0.2, -0.15) is 0 Å². The van der Waals surface area contributed by atoms with Crippen LogP contribution in [0.2, 0.25) is 0 Å². The fourth-order valence-electron chi connectivity index (χ4n) is 2.66. The van der Waals surface area contributed by atoms with E-state index in [1.54, 1.807) is 25.5 Å². The minimum Gasteiger partial charge on any atom is -0.494 e. The molecule has 5 nitrogen and oxygen atoms in total. The van der Waals surface area contributed by atoms with E-state index in [4.69, 9.17) is 4.74 Å². The fraction of sp³-hybridized carbons (Fsp3) is 0.438. The number of rotatable bonds is 5. The summed E-state index contributed by atoms with van der Waals surface area (Å²) >= 11 is 0. The first-order chi connectivity index (χ1) is 10.6. The fourth-order valence-corrected chi connectivity index (χ4v) is 2.66. The molecule has 118 valence electrons. The molecule has 0 saturated carbocycles. The average molecular weight is 305 g/mol. The molecule has 1 aliphatic carbocycles. The Hall–Kier alpha value is -2.24. The van der Waals surface area contributed by atoms with E-state index < -0.39 is 5.92 Å². The van der Waals surface area contributed by atoms with Gasteiger partial charge in [0.1, 0.15) is 6.33 Å². The molecule has 0 bridgehead atoms. The van der Waals surface area contributed by atoms with Crippen LogP contribution < -0.4 is 5.32 Å². The molecule has 0 saturated heterocycles. The molecule has 1 amide bonds. The van der Waals surface area contributed by atoms with Gasteiger partial charge < -0.3 is 10.1 Å². The summed E-state index contributed by atoms with van der Waals surface area (Å²) in [4.78, 5) is 19.9. The summed E-state index contributed by atoms with van der Waals surface area (Å²) in [6, 6.07) is 0. The number of hydrogen-bond acceptors (Lipinski definition) is 4. The van der Waals surface area contributed by atoms with Gasteiger partial charge in [-0.05, 0) is 36.0 Å². The van der Waals surface area contributed by atoms with Crippen LogP contribution in [0.3, 0.4) is 0 Å². The maximum atomic E-state index is 14.5. The lowest BCUT2D eigenvalue weighted by molar-refractivity contribution is -0.124. The van der Waals surface area contributed by atoms with E-state index in [-0.39, 0.29) is 23.4 Å². The van der Waals surface area contributed by atoms with Crippen molar-refractivity contribution in [2.24, 2.45) is 11.8 Å². The summed E-state index contributed by atoms with van der Waals surface area (Å²) in [5.41, 5.74) is 1.52. The van der Waals surface area contributed by atoms with Crippen LogP contribution in [-0.2, 0) is 16.0 Å². The highest BCUT2D eigenvalue weighted by Gasteiger charge is 2.33. The van der Waals surface area contributed by atoms with Gasteiger partial charge in [0.05, 0.1) is 13.0 Å². The number of nitrogens with zero attached hydrogens (tertiary/aromatic N) is 2. The Balaban J connectivity index is 2.22. The molecule has 0 spiro atoms. The van der Waals surface area contributed by atoms with Crippen molar-refractivity contribution in [3.63, 3.8) is 0 Å². The van der Waals surface area contributed by atoms with Gasteiger partial charge in [0.25, 0.3) is 0 Å². The second-order valence-electron chi connectivity index (χ2n) is 5.25. The van der Waals surface area contributed by atoms with E-state index in [0.29, 0.717) is 18.4 Å². The second-order valence-corrected chi connectivity index (χ2v) is 5.25. The third-order valence-corrected chi connectivity index (χ3v) is 3.98. The molecule has 0 radical (unpaired) electrons. The number of halogens is 1. The van der Waals surface area contributed by atoms with Gasteiger partial charge >= 0.3 is 0 Å². The van der Waals surface area contributed by atoms with Gasteiger partial charge in [-0.15, -0.1) is 0 Å². The molecule has 2 atom stereocenters. The van der Waals surface area contributed by atoms with Gasteiger partial charge in [0, 0.05) is 19.4 Å².